The lowest BCUT2D eigenvalue weighted by Crippen LogP contribution is -2.49. The number of ether oxygens (including phenoxy) is 1. The molecule has 0 heterocycles. The van der Waals surface area contributed by atoms with E-state index in [0.29, 0.717) is 22.3 Å². The normalized spacial score (nSPS) is 11.6. The van der Waals surface area contributed by atoms with Gasteiger partial charge in [-0.1, -0.05) is 61.8 Å². The largest absolute Gasteiger partial charge is 0.483 e. The van der Waals surface area contributed by atoms with Crippen molar-refractivity contribution in [2.75, 3.05) is 6.61 Å². The van der Waals surface area contributed by atoms with E-state index in [9.17, 15) is 9.59 Å². The highest BCUT2D eigenvalue weighted by molar-refractivity contribution is 7.80. The summed E-state index contributed by atoms with van der Waals surface area (Å²) >= 11 is 11.0. The number of nitrogens with one attached hydrogen (secondary N) is 3. The van der Waals surface area contributed by atoms with E-state index in [1.54, 1.807) is 24.3 Å². The molecule has 0 saturated carbocycles. The van der Waals surface area contributed by atoms with Crippen LogP contribution in [0.4, 0.5) is 0 Å². The number of halogens is 1. The molecule has 0 radical (unpaired) electrons. The second kappa shape index (κ2) is 11.9. The Kier molecular flexibility index (Phi) is 9.31. The number of carbonyl (C=O) groups excluding carboxylic acids is 2. The van der Waals surface area contributed by atoms with Crippen LogP contribution in [0.2, 0.25) is 5.02 Å². The molecule has 1 atom stereocenters. The summed E-state index contributed by atoms with van der Waals surface area (Å²) in [4.78, 5) is 23.9. The molecule has 0 aliphatic rings. The fraction of sp³-hybridized carbons (Fsp3) is 0.227. The van der Waals surface area contributed by atoms with E-state index in [-0.39, 0.29) is 11.7 Å². The third-order valence-corrected chi connectivity index (χ3v) is 4.84. The van der Waals surface area contributed by atoms with Gasteiger partial charge in [-0.2, -0.15) is 0 Å². The van der Waals surface area contributed by atoms with E-state index < -0.39 is 11.8 Å². The molecule has 0 aliphatic carbocycles. The van der Waals surface area contributed by atoms with Gasteiger partial charge in [0.15, 0.2) is 11.7 Å². The van der Waals surface area contributed by atoms with Gasteiger partial charge in [-0.05, 0) is 53.9 Å². The van der Waals surface area contributed by atoms with Crippen molar-refractivity contribution in [1.82, 2.24) is 16.2 Å². The lowest BCUT2D eigenvalue weighted by atomic mass is 9.98. The Hall–Kier alpha value is -2.90. The van der Waals surface area contributed by atoms with Gasteiger partial charge in [-0.25, -0.2) is 0 Å². The highest BCUT2D eigenvalue weighted by Gasteiger charge is 2.11. The Labute approximate surface area is 186 Å². The molecule has 0 spiro atoms. The molecule has 0 saturated heterocycles. The Bertz CT molecular complexity index is 933. The molecule has 0 aliphatic heterocycles. The Morgan fingerprint density at radius 1 is 1.13 bits per heavy atom. The van der Waals surface area contributed by atoms with Crippen LogP contribution in [0.5, 0.6) is 5.75 Å². The van der Waals surface area contributed by atoms with Gasteiger partial charge in [0.05, 0.1) is 0 Å². The third kappa shape index (κ3) is 7.50. The maximum Gasteiger partial charge on any atom is 0.276 e. The highest BCUT2D eigenvalue weighted by Crippen LogP contribution is 2.28. The summed E-state index contributed by atoms with van der Waals surface area (Å²) < 4.78 is 5.63. The molecular weight excluding hydrogens is 422 g/mol. The fourth-order valence-corrected chi connectivity index (χ4v) is 2.86. The molecular formula is C22H24ClN3O3S. The van der Waals surface area contributed by atoms with Crippen LogP contribution in [0.3, 0.4) is 0 Å². The summed E-state index contributed by atoms with van der Waals surface area (Å²) in [5.74, 6) is 0.101. The number of hydrogen-bond acceptors (Lipinski definition) is 4. The number of para-hydroxylation sites is 1. The predicted molar refractivity (Wildman–Crippen MR) is 123 cm³/mol. The van der Waals surface area contributed by atoms with Crippen LogP contribution in [0, 0.1) is 0 Å². The number of benzene rings is 2. The molecule has 0 fully saturated rings. The quantitative estimate of drug-likeness (QED) is 0.341. The first kappa shape index (κ1) is 23.4. The van der Waals surface area contributed by atoms with Crippen LogP contribution in [0.15, 0.2) is 54.6 Å². The van der Waals surface area contributed by atoms with E-state index in [4.69, 9.17) is 28.6 Å². The van der Waals surface area contributed by atoms with Crippen molar-refractivity contribution in [3.05, 3.63) is 70.8 Å². The van der Waals surface area contributed by atoms with E-state index in [2.05, 4.69) is 30.0 Å². The molecule has 2 aromatic rings. The SMILES string of the molecule is CCC(C)c1ccccc1OCC(=O)NNC(=S)NC(=O)C=Cc1ccccc1Cl. The zero-order valence-corrected chi connectivity index (χ0v) is 18.3. The molecule has 0 bridgehead atoms. The number of thiocarbonyl (C=S) groups is 1. The minimum atomic E-state index is -0.458. The molecule has 158 valence electrons. The van der Waals surface area contributed by atoms with E-state index in [0.717, 1.165) is 12.0 Å². The van der Waals surface area contributed by atoms with Crippen molar-refractivity contribution in [2.45, 2.75) is 26.2 Å². The summed E-state index contributed by atoms with van der Waals surface area (Å²) in [6.07, 6.45) is 3.83. The predicted octanol–water partition coefficient (Wildman–Crippen LogP) is 3.97. The van der Waals surface area contributed by atoms with Gasteiger partial charge < -0.3 is 4.74 Å². The lowest BCUT2D eigenvalue weighted by molar-refractivity contribution is -0.123. The summed E-state index contributed by atoms with van der Waals surface area (Å²) in [6, 6.07) is 14.7. The van der Waals surface area contributed by atoms with Crippen molar-refractivity contribution < 1.29 is 14.3 Å². The van der Waals surface area contributed by atoms with Crippen LogP contribution in [0.1, 0.15) is 37.3 Å². The van der Waals surface area contributed by atoms with E-state index in [1.807, 2.05) is 30.3 Å². The van der Waals surface area contributed by atoms with Crippen molar-refractivity contribution in [1.29, 1.82) is 0 Å². The third-order valence-electron chi connectivity index (χ3n) is 4.29. The van der Waals surface area contributed by atoms with Crippen LogP contribution in [-0.2, 0) is 9.59 Å². The van der Waals surface area contributed by atoms with Gasteiger partial charge in [0.1, 0.15) is 5.75 Å². The summed E-state index contributed by atoms with van der Waals surface area (Å²) in [7, 11) is 0. The maximum atomic E-state index is 12.0. The molecule has 6 nitrogen and oxygen atoms in total. The number of carbonyl (C=O) groups is 2. The van der Waals surface area contributed by atoms with Gasteiger partial charge in [0.2, 0.25) is 5.91 Å². The zero-order valence-electron chi connectivity index (χ0n) is 16.8. The molecule has 2 amide bonds. The Morgan fingerprint density at radius 2 is 1.83 bits per heavy atom. The standard InChI is InChI=1S/C22H24ClN3O3S/c1-3-15(2)17-9-5-7-11-19(17)29-14-21(28)25-26-22(30)24-20(27)13-12-16-8-4-6-10-18(16)23/h4-13,15H,3,14H2,1-2H3,(H,25,28)(H2,24,26,27,30). The van der Waals surface area contributed by atoms with E-state index >= 15 is 0 Å². The Balaban J connectivity index is 1.76. The molecule has 2 rings (SSSR count). The first-order valence-electron chi connectivity index (χ1n) is 9.44. The first-order valence-corrected chi connectivity index (χ1v) is 10.2. The number of hydrogen-bond donors (Lipinski definition) is 3. The highest BCUT2D eigenvalue weighted by atomic mass is 35.5. The second-order valence-electron chi connectivity index (χ2n) is 6.48. The number of hydrazine groups is 1. The minimum Gasteiger partial charge on any atom is -0.483 e. The maximum absolute atomic E-state index is 12.0. The Morgan fingerprint density at radius 3 is 2.57 bits per heavy atom. The number of rotatable bonds is 7. The minimum absolute atomic E-state index is 0.0443. The average Bonchev–Trinajstić information content (AvgIpc) is 2.75. The smallest absolute Gasteiger partial charge is 0.276 e. The molecule has 30 heavy (non-hydrogen) atoms. The summed E-state index contributed by atoms with van der Waals surface area (Å²) in [5.41, 5.74) is 6.61. The van der Waals surface area contributed by atoms with Crippen LogP contribution >= 0.6 is 23.8 Å². The second-order valence-corrected chi connectivity index (χ2v) is 7.30. The monoisotopic (exact) mass is 445 g/mol. The summed E-state index contributed by atoms with van der Waals surface area (Å²) in [6.45, 7) is 4.01. The fourth-order valence-electron chi connectivity index (χ4n) is 2.51. The van der Waals surface area contributed by atoms with Gasteiger partial charge in [0.25, 0.3) is 5.91 Å². The van der Waals surface area contributed by atoms with Crippen LogP contribution in [0.25, 0.3) is 6.08 Å². The van der Waals surface area contributed by atoms with Gasteiger partial charge in [-0.15, -0.1) is 0 Å². The van der Waals surface area contributed by atoms with Crippen molar-refractivity contribution in [3.63, 3.8) is 0 Å². The molecule has 1 unspecified atom stereocenters. The van der Waals surface area contributed by atoms with Crippen molar-refractivity contribution in [3.8, 4) is 5.75 Å². The topological polar surface area (TPSA) is 79.5 Å². The average molecular weight is 446 g/mol. The van der Waals surface area contributed by atoms with Crippen LogP contribution < -0.4 is 20.9 Å². The van der Waals surface area contributed by atoms with E-state index in [1.165, 1.54) is 6.08 Å². The first-order chi connectivity index (χ1) is 14.4. The van der Waals surface area contributed by atoms with Gasteiger partial charge in [-0.3, -0.25) is 25.8 Å². The van der Waals surface area contributed by atoms with Gasteiger partial charge in [0, 0.05) is 11.1 Å². The summed E-state index contributed by atoms with van der Waals surface area (Å²) in [5, 5.41) is 2.91. The molecule has 0 aromatic heterocycles. The van der Waals surface area contributed by atoms with Crippen molar-refractivity contribution in [2.24, 2.45) is 0 Å². The molecule has 2 aromatic carbocycles. The number of amides is 2. The lowest BCUT2D eigenvalue weighted by Gasteiger charge is -2.16. The van der Waals surface area contributed by atoms with Gasteiger partial charge >= 0.3 is 0 Å². The van der Waals surface area contributed by atoms with Crippen LogP contribution in [-0.4, -0.2) is 23.5 Å². The molecule has 8 heteroatoms. The van der Waals surface area contributed by atoms with Crippen molar-refractivity contribution >= 4 is 46.8 Å². The molecule has 3 N–H and O–H groups in total. The zero-order chi connectivity index (χ0) is 21.9.